The summed E-state index contributed by atoms with van der Waals surface area (Å²) in [7, 11) is -2.38. The Morgan fingerprint density at radius 2 is 1.85 bits per heavy atom. The molecule has 0 aliphatic heterocycles. The largest absolute Gasteiger partial charge is 0.341 e. The summed E-state index contributed by atoms with van der Waals surface area (Å²) < 4.78 is 25.2. The van der Waals surface area contributed by atoms with Crippen LogP contribution in [0.4, 0.5) is 0 Å². The number of carbonyl (C=O) groups excluding carboxylic acids is 2. The molecule has 0 bridgehead atoms. The number of rotatable bonds is 7. The van der Waals surface area contributed by atoms with Crippen LogP contribution in [0.2, 0.25) is 10.0 Å². The Kier molecular flexibility index (Phi) is 7.43. The highest BCUT2D eigenvalue weighted by Gasteiger charge is 2.29. The summed E-state index contributed by atoms with van der Waals surface area (Å²) in [4.78, 5) is 26.0. The molecule has 0 aliphatic rings. The van der Waals surface area contributed by atoms with Crippen LogP contribution in [0.15, 0.2) is 53.4 Å². The molecule has 0 saturated carbocycles. The Morgan fingerprint density at radius 3 is 2.45 bits per heavy atom. The predicted octanol–water partition coefficient (Wildman–Crippen LogP) is 4.87. The second-order valence-corrected chi connectivity index (χ2v) is 10.5. The fourth-order valence-corrected chi connectivity index (χ4v) is 5.19. The summed E-state index contributed by atoms with van der Waals surface area (Å²) >= 11 is 12.1. The first-order chi connectivity index (χ1) is 15.6. The molecule has 0 unspecified atom stereocenters. The molecule has 0 aromatic heterocycles. The summed E-state index contributed by atoms with van der Waals surface area (Å²) in [5.41, 5.74) is 0.561. The third-order valence-corrected chi connectivity index (χ3v) is 7.25. The lowest BCUT2D eigenvalue weighted by Gasteiger charge is -2.25. The summed E-state index contributed by atoms with van der Waals surface area (Å²) in [6.45, 7) is 0.115. The number of hydrogen-bond donors (Lipinski definition) is 0. The number of likely N-dealkylation sites (N-methyl/N-ethyl adjacent to an activating group) is 1. The second kappa shape index (κ2) is 9.92. The number of nitriles is 1. The van der Waals surface area contributed by atoms with Crippen LogP contribution in [0, 0.1) is 11.3 Å². The molecule has 0 saturated heterocycles. The van der Waals surface area contributed by atoms with E-state index in [0.717, 1.165) is 18.1 Å². The van der Waals surface area contributed by atoms with Gasteiger partial charge < -0.3 is 9.69 Å². The number of benzene rings is 3. The van der Waals surface area contributed by atoms with Crippen molar-refractivity contribution in [2.45, 2.75) is 17.2 Å². The second-order valence-electron chi connectivity index (χ2n) is 7.69. The van der Waals surface area contributed by atoms with Gasteiger partial charge >= 0.3 is 0 Å². The van der Waals surface area contributed by atoms with Gasteiger partial charge in [-0.25, -0.2) is 8.42 Å². The molecule has 0 fully saturated rings. The van der Waals surface area contributed by atoms with Gasteiger partial charge in [-0.2, -0.15) is 5.26 Å². The fourth-order valence-electron chi connectivity index (χ4n) is 3.81. The standard InChI is InChI=1S/C24H20Cl2N2O4S/c1-28(14-17(9-10-29)15-7-8-20(25)21(26)12-15)24(30)22-19-6-4-3-5-16(19)11-18(13-27)23(22)33(2,31)32/h3-8,10-12,17H,9,14H2,1-2H3/t17-/m1/s1. The first-order valence-corrected chi connectivity index (χ1v) is 12.5. The van der Waals surface area contributed by atoms with E-state index in [1.54, 1.807) is 42.5 Å². The Morgan fingerprint density at radius 1 is 1.15 bits per heavy atom. The van der Waals surface area contributed by atoms with E-state index >= 15 is 0 Å². The number of fused-ring (bicyclic) bond motifs is 1. The SMILES string of the molecule is CN(C[C@@H](CC=O)c1ccc(Cl)c(Cl)c1)C(=O)c1c(S(C)(=O)=O)c(C#N)cc2ccccc12. The van der Waals surface area contributed by atoms with Crippen molar-refractivity contribution in [2.75, 3.05) is 19.8 Å². The van der Waals surface area contributed by atoms with E-state index in [9.17, 15) is 23.3 Å². The van der Waals surface area contributed by atoms with Gasteiger partial charge in [0.2, 0.25) is 0 Å². The molecule has 1 amide bonds. The summed E-state index contributed by atoms with van der Waals surface area (Å²) in [5.74, 6) is -0.960. The van der Waals surface area contributed by atoms with Crippen molar-refractivity contribution in [1.29, 1.82) is 5.26 Å². The third-order valence-electron chi connectivity index (χ3n) is 5.34. The maximum absolute atomic E-state index is 13.6. The van der Waals surface area contributed by atoms with E-state index < -0.39 is 21.7 Å². The van der Waals surface area contributed by atoms with Crippen LogP contribution >= 0.6 is 23.2 Å². The smallest absolute Gasteiger partial charge is 0.255 e. The average molecular weight is 503 g/mol. The van der Waals surface area contributed by atoms with Gasteiger partial charge in [-0.15, -0.1) is 0 Å². The van der Waals surface area contributed by atoms with E-state index in [1.165, 1.54) is 18.0 Å². The van der Waals surface area contributed by atoms with Gasteiger partial charge in [-0.05, 0) is 34.5 Å². The Balaban J connectivity index is 2.12. The lowest BCUT2D eigenvalue weighted by Crippen LogP contribution is -2.32. The van der Waals surface area contributed by atoms with Crippen molar-refractivity contribution >= 4 is 56.0 Å². The van der Waals surface area contributed by atoms with Crippen LogP contribution in [-0.4, -0.2) is 45.4 Å². The molecule has 3 aromatic carbocycles. The van der Waals surface area contributed by atoms with Gasteiger partial charge in [0.25, 0.3) is 5.91 Å². The van der Waals surface area contributed by atoms with Crippen molar-refractivity contribution in [1.82, 2.24) is 4.90 Å². The summed E-state index contributed by atoms with van der Waals surface area (Å²) in [6.07, 6.45) is 1.84. The van der Waals surface area contributed by atoms with Crippen LogP contribution in [0.3, 0.4) is 0 Å². The maximum Gasteiger partial charge on any atom is 0.255 e. The lowest BCUT2D eigenvalue weighted by molar-refractivity contribution is -0.108. The highest BCUT2D eigenvalue weighted by molar-refractivity contribution is 7.90. The van der Waals surface area contributed by atoms with Crippen molar-refractivity contribution in [3.63, 3.8) is 0 Å². The molecule has 0 N–H and O–H groups in total. The van der Waals surface area contributed by atoms with Gasteiger partial charge in [0.15, 0.2) is 9.84 Å². The molecule has 9 heteroatoms. The number of amides is 1. The van der Waals surface area contributed by atoms with E-state index in [1.807, 2.05) is 6.07 Å². The number of sulfone groups is 1. The minimum atomic E-state index is -3.91. The zero-order chi connectivity index (χ0) is 24.3. The van der Waals surface area contributed by atoms with Crippen molar-refractivity contribution < 1.29 is 18.0 Å². The van der Waals surface area contributed by atoms with Gasteiger partial charge in [-0.1, -0.05) is 53.5 Å². The Bertz CT molecular complexity index is 1400. The molecule has 0 radical (unpaired) electrons. The molecular weight excluding hydrogens is 483 g/mol. The predicted molar refractivity (Wildman–Crippen MR) is 129 cm³/mol. The van der Waals surface area contributed by atoms with Crippen LogP contribution in [0.1, 0.15) is 33.8 Å². The molecule has 6 nitrogen and oxygen atoms in total. The van der Waals surface area contributed by atoms with Crippen molar-refractivity contribution in [3.8, 4) is 6.07 Å². The first kappa shape index (κ1) is 24.7. The highest BCUT2D eigenvalue weighted by Crippen LogP contribution is 2.32. The quantitative estimate of drug-likeness (QED) is 0.429. The number of nitrogens with zero attached hydrogens (tertiary/aromatic N) is 2. The average Bonchev–Trinajstić information content (AvgIpc) is 2.78. The van der Waals surface area contributed by atoms with E-state index in [0.29, 0.717) is 20.8 Å². The van der Waals surface area contributed by atoms with Crippen LogP contribution in [-0.2, 0) is 14.6 Å². The topological polar surface area (TPSA) is 95.3 Å². The lowest BCUT2D eigenvalue weighted by atomic mass is 9.95. The molecule has 1 atom stereocenters. The Hall–Kier alpha value is -2.92. The number of carbonyl (C=O) groups is 2. The van der Waals surface area contributed by atoms with Crippen molar-refractivity contribution in [2.24, 2.45) is 0 Å². The summed E-state index contributed by atoms with van der Waals surface area (Å²) in [5, 5.41) is 11.3. The van der Waals surface area contributed by atoms with E-state index in [4.69, 9.17) is 23.2 Å². The van der Waals surface area contributed by atoms with E-state index in [2.05, 4.69) is 0 Å². The molecule has 0 spiro atoms. The molecular formula is C24H20Cl2N2O4S. The molecule has 0 aliphatic carbocycles. The fraction of sp³-hybridized carbons (Fsp3) is 0.208. The molecule has 170 valence electrons. The monoisotopic (exact) mass is 502 g/mol. The van der Waals surface area contributed by atoms with Gasteiger partial charge in [0.05, 0.1) is 26.1 Å². The van der Waals surface area contributed by atoms with E-state index in [-0.39, 0.29) is 29.0 Å². The van der Waals surface area contributed by atoms with Crippen molar-refractivity contribution in [3.05, 3.63) is 75.3 Å². The zero-order valence-corrected chi connectivity index (χ0v) is 20.2. The minimum absolute atomic E-state index is 0.0614. The van der Waals surface area contributed by atoms with Crippen LogP contribution in [0.25, 0.3) is 10.8 Å². The minimum Gasteiger partial charge on any atom is -0.341 e. The zero-order valence-electron chi connectivity index (χ0n) is 17.9. The van der Waals surface area contributed by atoms with Crippen LogP contribution < -0.4 is 0 Å². The third kappa shape index (κ3) is 5.19. The molecule has 3 aromatic rings. The molecule has 33 heavy (non-hydrogen) atoms. The highest BCUT2D eigenvalue weighted by atomic mass is 35.5. The Labute approximate surface area is 202 Å². The maximum atomic E-state index is 13.6. The molecule has 3 rings (SSSR count). The first-order valence-electron chi connectivity index (χ1n) is 9.88. The van der Waals surface area contributed by atoms with Gasteiger partial charge in [0, 0.05) is 32.2 Å². The van der Waals surface area contributed by atoms with Gasteiger partial charge in [0.1, 0.15) is 12.4 Å². The number of halogens is 2. The van der Waals surface area contributed by atoms with Gasteiger partial charge in [-0.3, -0.25) is 4.79 Å². The normalized spacial score (nSPS) is 12.2. The number of aldehydes is 1. The molecule has 0 heterocycles. The number of hydrogen-bond acceptors (Lipinski definition) is 5. The summed E-state index contributed by atoms with van der Waals surface area (Å²) in [6, 6.07) is 15.2. The van der Waals surface area contributed by atoms with Crippen LogP contribution in [0.5, 0.6) is 0 Å².